The molecule has 2 N–H and O–H groups in total. The molecule has 0 aromatic carbocycles. The van der Waals surface area contributed by atoms with Gasteiger partial charge in [0.05, 0.1) is 11.8 Å². The normalized spacial score (nSPS) is 12.2. The van der Waals surface area contributed by atoms with Crippen molar-refractivity contribution in [3.63, 3.8) is 0 Å². The Hall–Kier alpha value is -1.85. The Morgan fingerprint density at radius 2 is 2.25 bits per heavy atom. The summed E-state index contributed by atoms with van der Waals surface area (Å²) in [6, 6.07) is -0.855. The fraction of sp³-hybridized carbons (Fsp3) is 0.500. The highest BCUT2D eigenvalue weighted by atomic mass is 16.4. The van der Waals surface area contributed by atoms with Gasteiger partial charge >= 0.3 is 5.97 Å². The van der Waals surface area contributed by atoms with Gasteiger partial charge in [-0.25, -0.2) is 4.79 Å². The van der Waals surface area contributed by atoms with Crippen molar-refractivity contribution >= 4 is 11.9 Å². The zero-order valence-corrected chi connectivity index (χ0v) is 9.52. The number of aliphatic carboxylic acids is 1. The number of nitrogens with zero attached hydrogens (tertiary/aromatic N) is 2. The molecule has 0 aliphatic heterocycles. The number of amides is 1. The molecule has 0 unspecified atom stereocenters. The van der Waals surface area contributed by atoms with Crippen molar-refractivity contribution in [3.8, 4) is 0 Å². The minimum atomic E-state index is -1.03. The molecular formula is C10H15N3O3. The summed E-state index contributed by atoms with van der Waals surface area (Å²) in [7, 11) is 1.72. The lowest BCUT2D eigenvalue weighted by Gasteiger charge is -2.11. The Morgan fingerprint density at radius 3 is 2.62 bits per heavy atom. The van der Waals surface area contributed by atoms with Crippen molar-refractivity contribution in [1.82, 2.24) is 15.1 Å². The zero-order chi connectivity index (χ0) is 12.3. The maximum absolute atomic E-state index is 11.7. The predicted octanol–water partition coefficient (Wildman–Crippen LogP) is 0.322. The number of carbonyl (C=O) groups excluding carboxylic acids is 1. The molecule has 0 bridgehead atoms. The van der Waals surface area contributed by atoms with Gasteiger partial charge < -0.3 is 10.4 Å². The first-order valence-electron chi connectivity index (χ1n) is 4.99. The highest BCUT2D eigenvalue weighted by Crippen LogP contribution is 2.06. The SMILES string of the molecule is CC[C@H](NC(=O)c1cnn(C)c1C)C(=O)O. The summed E-state index contributed by atoms with van der Waals surface area (Å²) < 4.78 is 1.57. The molecule has 1 heterocycles. The minimum absolute atomic E-state index is 0.348. The number of hydrogen-bond acceptors (Lipinski definition) is 3. The van der Waals surface area contributed by atoms with E-state index in [9.17, 15) is 9.59 Å². The molecule has 88 valence electrons. The van der Waals surface area contributed by atoms with Crippen LogP contribution in [0.1, 0.15) is 29.4 Å². The van der Waals surface area contributed by atoms with Crippen LogP contribution in [0.5, 0.6) is 0 Å². The number of carbonyl (C=O) groups is 2. The molecule has 0 saturated carbocycles. The van der Waals surface area contributed by atoms with E-state index >= 15 is 0 Å². The van der Waals surface area contributed by atoms with Crippen LogP contribution in [0.3, 0.4) is 0 Å². The van der Waals surface area contributed by atoms with Crippen molar-refractivity contribution in [2.45, 2.75) is 26.3 Å². The lowest BCUT2D eigenvalue weighted by molar-refractivity contribution is -0.139. The molecule has 0 fully saturated rings. The van der Waals surface area contributed by atoms with E-state index in [4.69, 9.17) is 5.11 Å². The average Bonchev–Trinajstić information content (AvgIpc) is 2.55. The van der Waals surface area contributed by atoms with Gasteiger partial charge in [-0.3, -0.25) is 9.48 Å². The molecule has 0 aliphatic rings. The molecule has 1 amide bonds. The lowest BCUT2D eigenvalue weighted by atomic mass is 10.2. The Balaban J connectivity index is 2.80. The molecule has 1 atom stereocenters. The lowest BCUT2D eigenvalue weighted by Crippen LogP contribution is -2.40. The Labute approximate surface area is 93.3 Å². The van der Waals surface area contributed by atoms with Crippen molar-refractivity contribution in [3.05, 3.63) is 17.5 Å². The first-order valence-corrected chi connectivity index (χ1v) is 4.99. The van der Waals surface area contributed by atoms with Crippen LogP contribution in [0.2, 0.25) is 0 Å². The minimum Gasteiger partial charge on any atom is -0.480 e. The molecule has 1 aromatic heterocycles. The predicted molar refractivity (Wildman–Crippen MR) is 57.1 cm³/mol. The summed E-state index contributed by atoms with van der Waals surface area (Å²) in [6.45, 7) is 3.46. The number of nitrogens with one attached hydrogen (secondary N) is 1. The molecule has 0 radical (unpaired) electrons. The Kier molecular flexibility index (Phi) is 3.65. The second kappa shape index (κ2) is 4.78. The Morgan fingerprint density at radius 1 is 1.62 bits per heavy atom. The van der Waals surface area contributed by atoms with Crippen LogP contribution in [0.25, 0.3) is 0 Å². The average molecular weight is 225 g/mol. The maximum atomic E-state index is 11.7. The summed E-state index contributed by atoms with van der Waals surface area (Å²) in [5, 5.41) is 15.2. The van der Waals surface area contributed by atoms with Gasteiger partial charge in [-0.15, -0.1) is 0 Å². The molecule has 1 rings (SSSR count). The van der Waals surface area contributed by atoms with Gasteiger partial charge in [0.15, 0.2) is 0 Å². The topological polar surface area (TPSA) is 84.2 Å². The largest absolute Gasteiger partial charge is 0.480 e. The van der Waals surface area contributed by atoms with Crippen LogP contribution in [0.4, 0.5) is 0 Å². The summed E-state index contributed by atoms with van der Waals surface area (Å²) >= 11 is 0. The molecule has 6 heteroatoms. The van der Waals surface area contributed by atoms with E-state index in [0.29, 0.717) is 17.7 Å². The van der Waals surface area contributed by atoms with Gasteiger partial charge in [0, 0.05) is 12.7 Å². The molecule has 16 heavy (non-hydrogen) atoms. The number of carboxylic acids is 1. The van der Waals surface area contributed by atoms with Crippen LogP contribution < -0.4 is 5.32 Å². The van der Waals surface area contributed by atoms with Crippen molar-refractivity contribution in [2.24, 2.45) is 7.05 Å². The molecular weight excluding hydrogens is 210 g/mol. The van der Waals surface area contributed by atoms with E-state index in [0.717, 1.165) is 0 Å². The van der Waals surface area contributed by atoms with E-state index in [1.165, 1.54) is 6.20 Å². The highest BCUT2D eigenvalue weighted by molar-refractivity contribution is 5.97. The maximum Gasteiger partial charge on any atom is 0.326 e. The highest BCUT2D eigenvalue weighted by Gasteiger charge is 2.20. The van der Waals surface area contributed by atoms with Gasteiger partial charge in [-0.05, 0) is 13.3 Å². The second-order valence-corrected chi connectivity index (χ2v) is 3.54. The first-order chi connectivity index (χ1) is 7.47. The molecule has 6 nitrogen and oxygen atoms in total. The van der Waals surface area contributed by atoms with Crippen molar-refractivity contribution < 1.29 is 14.7 Å². The molecule has 1 aromatic rings. The number of aryl methyl sites for hydroxylation is 1. The van der Waals surface area contributed by atoms with Crippen molar-refractivity contribution in [1.29, 1.82) is 0 Å². The summed E-state index contributed by atoms with van der Waals surface area (Å²) in [5.41, 5.74) is 1.11. The molecule has 0 saturated heterocycles. The monoisotopic (exact) mass is 225 g/mol. The third-order valence-electron chi connectivity index (χ3n) is 2.49. The van der Waals surface area contributed by atoms with Gasteiger partial charge in [-0.1, -0.05) is 6.92 Å². The van der Waals surface area contributed by atoms with Crippen LogP contribution in [-0.4, -0.2) is 32.8 Å². The number of hydrogen-bond donors (Lipinski definition) is 2. The van der Waals surface area contributed by atoms with Crippen molar-refractivity contribution in [2.75, 3.05) is 0 Å². The third kappa shape index (κ3) is 2.39. The summed E-state index contributed by atoms with van der Waals surface area (Å²) in [6.07, 6.45) is 1.78. The number of rotatable bonds is 4. The smallest absolute Gasteiger partial charge is 0.326 e. The van der Waals surface area contributed by atoms with Crippen LogP contribution in [0.15, 0.2) is 6.20 Å². The quantitative estimate of drug-likeness (QED) is 0.773. The van der Waals surface area contributed by atoms with E-state index in [2.05, 4.69) is 10.4 Å². The Bertz CT molecular complexity index is 411. The van der Waals surface area contributed by atoms with E-state index < -0.39 is 17.9 Å². The van der Waals surface area contributed by atoms with E-state index in [1.54, 1.807) is 25.6 Å². The first kappa shape index (κ1) is 12.2. The third-order valence-corrected chi connectivity index (χ3v) is 2.49. The number of carboxylic acid groups (broad SMARTS) is 1. The standard InChI is InChI=1S/C10H15N3O3/c1-4-8(10(15)16)12-9(14)7-5-11-13(3)6(7)2/h5,8H,4H2,1-3H3,(H,12,14)(H,15,16)/t8-/m0/s1. The van der Waals surface area contributed by atoms with Gasteiger partial charge in [0.2, 0.25) is 0 Å². The summed E-state index contributed by atoms with van der Waals surface area (Å²) in [4.78, 5) is 22.5. The van der Waals surface area contributed by atoms with Crippen LogP contribution in [0, 0.1) is 6.92 Å². The van der Waals surface area contributed by atoms with E-state index in [-0.39, 0.29) is 0 Å². The molecule has 0 aliphatic carbocycles. The summed E-state index contributed by atoms with van der Waals surface area (Å²) in [5.74, 6) is -1.43. The molecule has 0 spiro atoms. The van der Waals surface area contributed by atoms with Crippen LogP contribution >= 0.6 is 0 Å². The van der Waals surface area contributed by atoms with E-state index in [1.807, 2.05) is 0 Å². The fourth-order valence-electron chi connectivity index (χ4n) is 1.30. The van der Waals surface area contributed by atoms with Gasteiger partial charge in [0.25, 0.3) is 5.91 Å². The zero-order valence-electron chi connectivity index (χ0n) is 9.52. The second-order valence-electron chi connectivity index (χ2n) is 3.54. The fourth-order valence-corrected chi connectivity index (χ4v) is 1.30. The number of aromatic nitrogens is 2. The van der Waals surface area contributed by atoms with Gasteiger partial charge in [0.1, 0.15) is 6.04 Å². The van der Waals surface area contributed by atoms with Gasteiger partial charge in [-0.2, -0.15) is 5.10 Å². The van der Waals surface area contributed by atoms with Crippen LogP contribution in [-0.2, 0) is 11.8 Å².